The summed E-state index contributed by atoms with van der Waals surface area (Å²) in [5.74, 6) is 0. The van der Waals surface area contributed by atoms with Gasteiger partial charge in [0.1, 0.15) is 0 Å². The quantitative estimate of drug-likeness (QED) is 0.325. The predicted octanol–water partition coefficient (Wildman–Crippen LogP) is 0.112. The Balaban J connectivity index is 4.11. The maximum atomic E-state index is 6.18. The Hall–Kier alpha value is -0.489. The highest BCUT2D eigenvalue weighted by Crippen LogP contribution is 2.16. The lowest BCUT2D eigenvalue weighted by atomic mass is 10.3. The molecule has 0 aliphatic heterocycles. The van der Waals surface area contributed by atoms with Gasteiger partial charge >= 0.3 is 26.4 Å². The van der Waals surface area contributed by atoms with Crippen LogP contribution in [-0.2, 0) is 39.8 Å². The first kappa shape index (κ1) is 27.5. The minimum atomic E-state index is -3.45. The van der Waals surface area contributed by atoms with Crippen LogP contribution in [0.1, 0.15) is 20.8 Å². The molecule has 0 saturated carbocycles. The van der Waals surface area contributed by atoms with Crippen LogP contribution in [0.25, 0.3) is 0 Å². The van der Waals surface area contributed by atoms with Crippen LogP contribution in [0.3, 0.4) is 0 Å². The molecular weight excluding hydrogens is 444 g/mol. The highest BCUT2D eigenvalue weighted by molar-refractivity contribution is 6.92. The van der Waals surface area contributed by atoms with Gasteiger partial charge in [0.05, 0.1) is 0 Å². The normalized spacial score (nSPS) is 13.1. The zero-order valence-electron chi connectivity index (χ0n) is 19.5. The van der Waals surface area contributed by atoms with E-state index in [0.717, 1.165) is 0 Å². The number of hydrogen-bond donors (Lipinski definition) is 0. The fourth-order valence-corrected chi connectivity index (χ4v) is 11.9. The van der Waals surface area contributed by atoms with E-state index in [9.17, 15) is 0 Å². The summed E-state index contributed by atoms with van der Waals surface area (Å²) < 4.78 is 53.5. The van der Waals surface area contributed by atoms with Gasteiger partial charge in [-0.25, -0.2) is 0 Å². The number of benzene rings is 1. The van der Waals surface area contributed by atoms with E-state index >= 15 is 0 Å². The molecule has 0 aliphatic carbocycles. The van der Waals surface area contributed by atoms with Crippen LogP contribution in [-0.4, -0.2) is 88.9 Å². The van der Waals surface area contributed by atoms with Gasteiger partial charge in [0.2, 0.25) is 0 Å². The standard InChI is InChI=1S/C18H36O9Si3/c1-10-25-29(26-11-2,27-12-3)17-15-13-14-16(28(19-4,20-5)21-6)18(17)30(22-7,23-8)24-9/h13-15H,10-12H2,1-9H3. The van der Waals surface area contributed by atoms with E-state index in [1.165, 1.54) is 0 Å². The Morgan fingerprint density at radius 1 is 0.533 bits per heavy atom. The maximum Gasteiger partial charge on any atom is 0.537 e. The molecule has 0 aliphatic rings. The van der Waals surface area contributed by atoms with E-state index in [1.54, 1.807) is 42.7 Å². The molecule has 12 heteroatoms. The van der Waals surface area contributed by atoms with Crippen LogP contribution < -0.4 is 15.6 Å². The Labute approximate surface area is 183 Å². The van der Waals surface area contributed by atoms with Crippen molar-refractivity contribution in [2.45, 2.75) is 20.8 Å². The summed E-state index contributed by atoms with van der Waals surface area (Å²) in [6.45, 7) is 6.90. The summed E-state index contributed by atoms with van der Waals surface area (Å²) >= 11 is 0. The van der Waals surface area contributed by atoms with Crippen molar-refractivity contribution >= 4 is 42.0 Å². The van der Waals surface area contributed by atoms with Gasteiger partial charge in [-0.2, -0.15) is 0 Å². The molecule has 0 bridgehead atoms. The van der Waals surface area contributed by atoms with E-state index in [4.69, 9.17) is 39.8 Å². The van der Waals surface area contributed by atoms with Gasteiger partial charge in [-0.1, -0.05) is 18.2 Å². The topological polar surface area (TPSA) is 83.1 Å². The lowest BCUT2D eigenvalue weighted by molar-refractivity contribution is 0.0855. The largest absolute Gasteiger partial charge is 0.537 e. The molecule has 1 rings (SSSR count). The van der Waals surface area contributed by atoms with Gasteiger partial charge in [0.25, 0.3) is 0 Å². The molecule has 1 aromatic rings. The predicted molar refractivity (Wildman–Crippen MR) is 120 cm³/mol. The van der Waals surface area contributed by atoms with Gasteiger partial charge in [-0.3, -0.25) is 0 Å². The molecule has 0 unspecified atom stereocenters. The van der Waals surface area contributed by atoms with E-state index in [2.05, 4.69) is 0 Å². The average Bonchev–Trinajstić information content (AvgIpc) is 2.78. The first-order valence-corrected chi connectivity index (χ1v) is 14.9. The van der Waals surface area contributed by atoms with Crippen LogP contribution in [0.5, 0.6) is 0 Å². The monoisotopic (exact) mass is 480 g/mol. The molecular formula is C18H36O9Si3. The first-order valence-electron chi connectivity index (χ1n) is 9.77. The van der Waals surface area contributed by atoms with Gasteiger partial charge in [0, 0.05) is 78.0 Å². The lowest BCUT2D eigenvalue weighted by Crippen LogP contribution is -2.77. The molecule has 0 N–H and O–H groups in total. The molecule has 0 atom stereocenters. The second kappa shape index (κ2) is 12.5. The van der Waals surface area contributed by atoms with E-state index in [0.29, 0.717) is 35.4 Å². The molecule has 0 amide bonds. The maximum absolute atomic E-state index is 6.18. The molecule has 9 nitrogen and oxygen atoms in total. The van der Waals surface area contributed by atoms with Crippen LogP contribution in [0.4, 0.5) is 0 Å². The van der Waals surface area contributed by atoms with Crippen molar-refractivity contribution < 1.29 is 39.8 Å². The van der Waals surface area contributed by atoms with Crippen LogP contribution in [0.15, 0.2) is 18.2 Å². The minimum absolute atomic E-state index is 0.402. The Morgan fingerprint density at radius 3 is 1.17 bits per heavy atom. The van der Waals surface area contributed by atoms with Crippen molar-refractivity contribution in [1.29, 1.82) is 0 Å². The molecule has 0 spiro atoms. The molecule has 30 heavy (non-hydrogen) atoms. The fraction of sp³-hybridized carbons (Fsp3) is 0.667. The zero-order chi connectivity index (χ0) is 22.8. The zero-order valence-corrected chi connectivity index (χ0v) is 22.5. The smallest absolute Gasteiger partial charge is 0.373 e. The molecule has 0 saturated heterocycles. The lowest BCUT2D eigenvalue weighted by Gasteiger charge is -2.37. The van der Waals surface area contributed by atoms with E-state index < -0.39 is 26.4 Å². The second-order valence-corrected chi connectivity index (χ2v) is 14.2. The van der Waals surface area contributed by atoms with Crippen molar-refractivity contribution in [3.8, 4) is 0 Å². The second-order valence-electron chi connectivity index (χ2n) is 5.92. The average molecular weight is 481 g/mol. The SMILES string of the molecule is CCO[Si](OCC)(OCC)c1cccc([Si](OC)(OC)OC)c1[Si](OC)(OC)OC. The third-order valence-electron chi connectivity index (χ3n) is 4.65. The van der Waals surface area contributed by atoms with Crippen molar-refractivity contribution in [3.05, 3.63) is 18.2 Å². The molecule has 174 valence electrons. The van der Waals surface area contributed by atoms with E-state index in [1.807, 2.05) is 39.0 Å². The Morgan fingerprint density at radius 2 is 0.867 bits per heavy atom. The Bertz CT molecular complexity index is 606. The van der Waals surface area contributed by atoms with Crippen LogP contribution in [0.2, 0.25) is 0 Å². The summed E-state index contributed by atoms with van der Waals surface area (Å²) in [6, 6.07) is 5.63. The van der Waals surface area contributed by atoms with Crippen LogP contribution >= 0.6 is 0 Å². The highest BCUT2D eigenvalue weighted by Gasteiger charge is 2.58. The van der Waals surface area contributed by atoms with E-state index in [-0.39, 0.29) is 0 Å². The van der Waals surface area contributed by atoms with Gasteiger partial charge in [-0.05, 0) is 20.8 Å². The summed E-state index contributed by atoms with van der Waals surface area (Å²) in [5.41, 5.74) is 0. The highest BCUT2D eigenvalue weighted by atomic mass is 28.4. The third-order valence-corrected chi connectivity index (χ3v) is 13.7. The summed E-state index contributed by atoms with van der Waals surface area (Å²) in [7, 11) is -0.884. The fourth-order valence-electron chi connectivity index (χ4n) is 3.46. The van der Waals surface area contributed by atoms with Gasteiger partial charge < -0.3 is 39.8 Å². The minimum Gasteiger partial charge on any atom is -0.373 e. The number of hydrogen-bond acceptors (Lipinski definition) is 9. The van der Waals surface area contributed by atoms with Crippen molar-refractivity contribution in [1.82, 2.24) is 0 Å². The van der Waals surface area contributed by atoms with Crippen molar-refractivity contribution in [3.63, 3.8) is 0 Å². The molecule has 1 aromatic carbocycles. The summed E-state index contributed by atoms with van der Waals surface area (Å²) in [6.07, 6.45) is 0. The molecule has 0 radical (unpaired) electrons. The van der Waals surface area contributed by atoms with Gasteiger partial charge in [-0.15, -0.1) is 0 Å². The molecule has 0 fully saturated rings. The third kappa shape index (κ3) is 5.11. The summed E-state index contributed by atoms with van der Waals surface area (Å²) in [5, 5.41) is 1.96. The summed E-state index contributed by atoms with van der Waals surface area (Å²) in [4.78, 5) is 0. The van der Waals surface area contributed by atoms with Crippen LogP contribution in [0, 0.1) is 0 Å². The first-order chi connectivity index (χ1) is 14.4. The Kier molecular flexibility index (Phi) is 11.5. The molecule has 0 heterocycles. The van der Waals surface area contributed by atoms with Crippen molar-refractivity contribution in [2.24, 2.45) is 0 Å². The van der Waals surface area contributed by atoms with Gasteiger partial charge in [0.15, 0.2) is 0 Å². The van der Waals surface area contributed by atoms with Crippen molar-refractivity contribution in [2.75, 3.05) is 62.5 Å². The number of rotatable bonds is 15. The molecule has 0 aromatic heterocycles.